The van der Waals surface area contributed by atoms with Gasteiger partial charge in [0.05, 0.1) is 5.69 Å². The van der Waals surface area contributed by atoms with Gasteiger partial charge in [0.2, 0.25) is 5.95 Å². The normalized spacial score (nSPS) is 23.1. The summed E-state index contributed by atoms with van der Waals surface area (Å²) in [5, 5.41) is 11.5. The molecule has 1 atom stereocenters. The number of nitrogens with two attached hydrogens (primary N) is 1. The maximum Gasteiger partial charge on any atom is 0.285 e. The monoisotopic (exact) mass is 224 g/mol. The molecule has 0 bridgehead atoms. The van der Waals surface area contributed by atoms with Gasteiger partial charge in [0, 0.05) is 11.1 Å². The number of hydrogen-bond acceptors (Lipinski definition) is 6. The first kappa shape index (κ1) is 9.94. The fourth-order valence-corrected chi connectivity index (χ4v) is 1.83. The highest BCUT2D eigenvalue weighted by Crippen LogP contribution is 2.27. The Morgan fingerprint density at radius 2 is 2.47 bits per heavy atom. The molecule has 1 unspecified atom stereocenters. The number of nitrogens with zero attached hydrogens (tertiary/aromatic N) is 2. The van der Waals surface area contributed by atoms with E-state index in [1.807, 2.05) is 0 Å². The Balaban J connectivity index is 2.26. The molecule has 0 radical (unpaired) electrons. The zero-order chi connectivity index (χ0) is 10.8. The van der Waals surface area contributed by atoms with Crippen LogP contribution in [0, 0.1) is 0 Å². The van der Waals surface area contributed by atoms with Gasteiger partial charge in [-0.05, 0) is 23.9 Å². The van der Waals surface area contributed by atoms with Crippen molar-refractivity contribution in [3.63, 3.8) is 0 Å². The minimum atomic E-state index is -0.960. The molecular weight excluding hydrogens is 216 g/mol. The summed E-state index contributed by atoms with van der Waals surface area (Å²) in [7, 11) is 0. The number of carbonyl (C=O) groups excluding carboxylic acids is 1. The van der Waals surface area contributed by atoms with Gasteiger partial charge in [0.15, 0.2) is 6.23 Å². The molecule has 2 heterocycles. The summed E-state index contributed by atoms with van der Waals surface area (Å²) < 4.78 is 0. The van der Waals surface area contributed by atoms with Crippen molar-refractivity contribution in [2.45, 2.75) is 6.23 Å². The summed E-state index contributed by atoms with van der Waals surface area (Å²) in [5.41, 5.74) is 5.95. The molecule has 0 saturated carbocycles. The van der Waals surface area contributed by atoms with E-state index in [0.717, 1.165) is 11.8 Å². The Hall–Kier alpha value is -1.60. The van der Waals surface area contributed by atoms with Crippen LogP contribution in [0.4, 0.5) is 10.7 Å². The van der Waals surface area contributed by atoms with Gasteiger partial charge in [-0.15, -0.1) is 0 Å². The average molecular weight is 224 g/mol. The number of hydrogen-bond donors (Lipinski definition) is 3. The summed E-state index contributed by atoms with van der Waals surface area (Å²) in [6.07, 6.45) is 2.14. The fraction of sp³-hybridized carbons (Fsp3) is 0.125. The average Bonchev–Trinajstić information content (AvgIpc) is 2.45. The number of thioether (sulfide) groups is 1. The molecule has 1 saturated heterocycles. The van der Waals surface area contributed by atoms with E-state index in [1.165, 1.54) is 6.20 Å². The standard InChI is InChI=1S/C8H8N4O2S/c9-7-10-2-1-4(11-7)3-5-6(13)12-8(14)15-5/h1-3,6,13H,(H,12,14)(H2,9,10,11)/b5-3-. The number of anilines is 1. The highest BCUT2D eigenvalue weighted by atomic mass is 32.2. The first-order valence-corrected chi connectivity index (χ1v) is 4.93. The van der Waals surface area contributed by atoms with E-state index in [2.05, 4.69) is 15.3 Å². The van der Waals surface area contributed by atoms with Crippen LogP contribution in [0.25, 0.3) is 6.08 Å². The van der Waals surface area contributed by atoms with Crippen molar-refractivity contribution in [1.29, 1.82) is 0 Å². The summed E-state index contributed by atoms with van der Waals surface area (Å²) in [4.78, 5) is 19.1. The lowest BCUT2D eigenvalue weighted by Gasteiger charge is -2.01. The lowest BCUT2D eigenvalue weighted by atomic mass is 10.3. The van der Waals surface area contributed by atoms with Crippen LogP contribution in [0.1, 0.15) is 5.69 Å². The number of nitrogens with one attached hydrogen (secondary N) is 1. The van der Waals surface area contributed by atoms with Crippen LogP contribution in [-0.4, -0.2) is 26.5 Å². The smallest absolute Gasteiger partial charge is 0.285 e. The molecule has 1 amide bonds. The number of carbonyl (C=O) groups is 1. The van der Waals surface area contributed by atoms with Gasteiger partial charge >= 0.3 is 0 Å². The molecular formula is C8H8N4O2S. The molecule has 1 aliphatic rings. The Morgan fingerprint density at radius 1 is 1.67 bits per heavy atom. The number of aliphatic hydroxyl groups excluding tert-OH is 1. The first-order chi connectivity index (χ1) is 7.15. The van der Waals surface area contributed by atoms with Crippen LogP contribution in [0.15, 0.2) is 17.2 Å². The van der Waals surface area contributed by atoms with Crippen molar-refractivity contribution < 1.29 is 9.90 Å². The second-order valence-electron chi connectivity index (χ2n) is 2.82. The molecule has 0 aromatic carbocycles. The maximum absolute atomic E-state index is 10.9. The quantitative estimate of drug-likeness (QED) is 0.628. The predicted molar refractivity (Wildman–Crippen MR) is 56.6 cm³/mol. The first-order valence-electron chi connectivity index (χ1n) is 4.11. The van der Waals surface area contributed by atoms with Crippen LogP contribution in [0.5, 0.6) is 0 Å². The van der Waals surface area contributed by atoms with E-state index in [4.69, 9.17) is 5.73 Å². The minimum absolute atomic E-state index is 0.154. The van der Waals surface area contributed by atoms with Gasteiger partial charge in [-0.3, -0.25) is 4.79 Å². The zero-order valence-electron chi connectivity index (χ0n) is 7.54. The largest absolute Gasteiger partial charge is 0.369 e. The molecule has 1 aliphatic heterocycles. The van der Waals surface area contributed by atoms with Gasteiger partial charge in [0.25, 0.3) is 5.24 Å². The van der Waals surface area contributed by atoms with Crippen molar-refractivity contribution in [1.82, 2.24) is 15.3 Å². The lowest BCUT2D eigenvalue weighted by Crippen LogP contribution is -2.24. The number of aromatic nitrogens is 2. The van der Waals surface area contributed by atoms with Crippen LogP contribution < -0.4 is 11.1 Å². The Kier molecular flexibility index (Phi) is 2.57. The number of nitrogen functional groups attached to an aromatic ring is 1. The number of rotatable bonds is 1. The van der Waals surface area contributed by atoms with Gasteiger partial charge < -0.3 is 16.2 Å². The molecule has 15 heavy (non-hydrogen) atoms. The summed E-state index contributed by atoms with van der Waals surface area (Å²) >= 11 is 0.934. The predicted octanol–water partition coefficient (Wildman–Crippen LogP) is 0.175. The Labute approximate surface area is 89.6 Å². The summed E-state index contributed by atoms with van der Waals surface area (Å²) in [6, 6.07) is 1.64. The molecule has 7 heteroatoms. The van der Waals surface area contributed by atoms with Crippen molar-refractivity contribution in [3.8, 4) is 0 Å². The van der Waals surface area contributed by atoms with Crippen molar-refractivity contribution in [2.75, 3.05) is 5.73 Å². The Bertz CT molecular complexity index is 434. The molecule has 0 aliphatic carbocycles. The minimum Gasteiger partial charge on any atom is -0.369 e. The third kappa shape index (κ3) is 2.25. The maximum atomic E-state index is 10.9. The van der Waals surface area contributed by atoms with Crippen LogP contribution >= 0.6 is 11.8 Å². The van der Waals surface area contributed by atoms with Crippen LogP contribution in [0.3, 0.4) is 0 Å². The molecule has 0 spiro atoms. The van der Waals surface area contributed by atoms with E-state index in [-0.39, 0.29) is 11.2 Å². The fourth-order valence-electron chi connectivity index (χ4n) is 1.10. The SMILES string of the molecule is Nc1nccc(/C=C2\SC(=O)NC2O)n1. The summed E-state index contributed by atoms with van der Waals surface area (Å²) in [5.74, 6) is 0.154. The van der Waals surface area contributed by atoms with Gasteiger partial charge in [-0.25, -0.2) is 9.97 Å². The van der Waals surface area contributed by atoms with E-state index in [1.54, 1.807) is 12.1 Å². The number of aliphatic hydroxyl groups is 1. The van der Waals surface area contributed by atoms with Crippen LogP contribution in [-0.2, 0) is 0 Å². The van der Waals surface area contributed by atoms with Gasteiger partial charge in [0.1, 0.15) is 0 Å². The summed E-state index contributed by atoms with van der Waals surface area (Å²) in [6.45, 7) is 0. The van der Waals surface area contributed by atoms with E-state index in [0.29, 0.717) is 10.6 Å². The lowest BCUT2D eigenvalue weighted by molar-refractivity contribution is 0.192. The zero-order valence-corrected chi connectivity index (χ0v) is 8.36. The topological polar surface area (TPSA) is 101 Å². The van der Waals surface area contributed by atoms with Gasteiger partial charge in [-0.1, -0.05) is 0 Å². The third-order valence-electron chi connectivity index (χ3n) is 1.72. The molecule has 78 valence electrons. The molecule has 1 fully saturated rings. The van der Waals surface area contributed by atoms with E-state index >= 15 is 0 Å². The van der Waals surface area contributed by atoms with Crippen LogP contribution in [0.2, 0.25) is 0 Å². The molecule has 2 rings (SSSR count). The molecule has 1 aromatic heterocycles. The van der Waals surface area contributed by atoms with Crippen molar-refractivity contribution in [3.05, 3.63) is 22.9 Å². The van der Waals surface area contributed by atoms with E-state index < -0.39 is 6.23 Å². The van der Waals surface area contributed by atoms with Crippen molar-refractivity contribution in [2.24, 2.45) is 0 Å². The molecule has 6 nitrogen and oxygen atoms in total. The second kappa shape index (κ2) is 3.87. The van der Waals surface area contributed by atoms with E-state index in [9.17, 15) is 9.90 Å². The van der Waals surface area contributed by atoms with Crippen molar-refractivity contribution >= 4 is 29.0 Å². The van der Waals surface area contributed by atoms with Gasteiger partial charge in [-0.2, -0.15) is 0 Å². The highest BCUT2D eigenvalue weighted by molar-refractivity contribution is 8.17. The Morgan fingerprint density at radius 3 is 3.07 bits per heavy atom. The third-order valence-corrected chi connectivity index (χ3v) is 2.60. The number of amides is 1. The molecule has 1 aromatic rings. The molecule has 4 N–H and O–H groups in total. The second-order valence-corrected chi connectivity index (χ2v) is 3.87. The highest BCUT2D eigenvalue weighted by Gasteiger charge is 2.25.